The quantitative estimate of drug-likeness (QED) is 0.808. The lowest BCUT2D eigenvalue weighted by atomic mass is 10.2. The molecule has 0 aliphatic heterocycles. The van der Waals surface area contributed by atoms with Crippen LogP contribution in [0.15, 0.2) is 23.4 Å². The number of aromatic nitrogens is 2. The zero-order chi connectivity index (χ0) is 11.5. The number of thioether (sulfide) groups is 1. The molecule has 0 saturated heterocycles. The van der Waals surface area contributed by atoms with Gasteiger partial charge in [0.1, 0.15) is 0 Å². The molecule has 2 aromatic rings. The first-order chi connectivity index (χ1) is 7.65. The van der Waals surface area contributed by atoms with Crippen molar-refractivity contribution >= 4 is 22.8 Å². The SMILES string of the molecule is Cc1ccc2[nH+]c(SCCC(C)C)[nH]c2c1. The number of hydrogen-bond donors (Lipinski definition) is 1. The Morgan fingerprint density at radius 2 is 2.19 bits per heavy atom. The van der Waals surface area contributed by atoms with Gasteiger partial charge in [-0.2, -0.15) is 0 Å². The molecule has 1 aromatic heterocycles. The maximum atomic E-state index is 3.42. The van der Waals surface area contributed by atoms with E-state index in [-0.39, 0.29) is 0 Å². The predicted molar refractivity (Wildman–Crippen MR) is 69.8 cm³/mol. The monoisotopic (exact) mass is 235 g/mol. The molecule has 0 bridgehead atoms. The lowest BCUT2D eigenvalue weighted by molar-refractivity contribution is -0.396. The number of nitrogens with one attached hydrogen (secondary N) is 2. The van der Waals surface area contributed by atoms with Crippen molar-refractivity contribution in [2.24, 2.45) is 5.92 Å². The number of hydrogen-bond acceptors (Lipinski definition) is 1. The lowest BCUT2D eigenvalue weighted by Crippen LogP contribution is -2.02. The average Bonchev–Trinajstić information content (AvgIpc) is 2.58. The summed E-state index contributed by atoms with van der Waals surface area (Å²) in [6.45, 7) is 6.64. The minimum atomic E-state index is 0.777. The maximum absolute atomic E-state index is 3.42. The zero-order valence-electron chi connectivity index (χ0n) is 10.1. The summed E-state index contributed by atoms with van der Waals surface area (Å²) in [6.07, 6.45) is 1.26. The van der Waals surface area contributed by atoms with E-state index in [1.54, 1.807) is 0 Å². The molecule has 0 aliphatic carbocycles. The van der Waals surface area contributed by atoms with Crippen molar-refractivity contribution in [2.75, 3.05) is 5.75 Å². The van der Waals surface area contributed by atoms with Crippen molar-refractivity contribution in [3.8, 4) is 0 Å². The van der Waals surface area contributed by atoms with Gasteiger partial charge in [0.05, 0.1) is 0 Å². The Labute approximate surface area is 101 Å². The second-order valence-corrected chi connectivity index (χ2v) is 5.76. The summed E-state index contributed by atoms with van der Waals surface area (Å²) in [4.78, 5) is 6.82. The number of aryl methyl sites for hydroxylation is 1. The highest BCUT2D eigenvalue weighted by Crippen LogP contribution is 2.18. The van der Waals surface area contributed by atoms with Crippen LogP contribution in [-0.2, 0) is 0 Å². The Balaban J connectivity index is 2.08. The number of H-pyrrole nitrogens is 2. The van der Waals surface area contributed by atoms with Crippen LogP contribution in [0.2, 0.25) is 0 Å². The molecule has 3 heteroatoms. The van der Waals surface area contributed by atoms with Gasteiger partial charge in [-0.25, -0.2) is 9.97 Å². The molecular formula is C13H19N2S+. The minimum absolute atomic E-state index is 0.777. The summed E-state index contributed by atoms with van der Waals surface area (Å²) in [6, 6.07) is 6.45. The topological polar surface area (TPSA) is 29.9 Å². The van der Waals surface area contributed by atoms with Gasteiger partial charge in [0.2, 0.25) is 0 Å². The summed E-state index contributed by atoms with van der Waals surface area (Å²) in [7, 11) is 0. The molecule has 0 amide bonds. The molecule has 1 heterocycles. The smallest absolute Gasteiger partial charge is 0.231 e. The van der Waals surface area contributed by atoms with E-state index >= 15 is 0 Å². The third kappa shape index (κ3) is 2.79. The van der Waals surface area contributed by atoms with Crippen molar-refractivity contribution in [3.63, 3.8) is 0 Å². The van der Waals surface area contributed by atoms with Gasteiger partial charge in [0.15, 0.2) is 11.0 Å². The molecule has 86 valence electrons. The van der Waals surface area contributed by atoms with E-state index in [0.717, 1.165) is 5.92 Å². The van der Waals surface area contributed by atoms with E-state index in [1.807, 2.05) is 11.8 Å². The number of imidazole rings is 1. The fourth-order valence-electron chi connectivity index (χ4n) is 1.62. The van der Waals surface area contributed by atoms with Gasteiger partial charge >= 0.3 is 5.16 Å². The van der Waals surface area contributed by atoms with Crippen LogP contribution in [0.4, 0.5) is 0 Å². The molecule has 0 fully saturated rings. The minimum Gasteiger partial charge on any atom is -0.231 e. The van der Waals surface area contributed by atoms with E-state index in [9.17, 15) is 0 Å². The summed E-state index contributed by atoms with van der Waals surface area (Å²) in [5.74, 6) is 1.94. The second kappa shape index (κ2) is 4.91. The van der Waals surface area contributed by atoms with Gasteiger partial charge in [0, 0.05) is 5.75 Å². The molecular weight excluding hydrogens is 216 g/mol. The summed E-state index contributed by atoms with van der Waals surface area (Å²) in [5, 5.41) is 1.17. The van der Waals surface area contributed by atoms with Crippen molar-refractivity contribution in [2.45, 2.75) is 32.3 Å². The Bertz CT molecular complexity index is 474. The van der Waals surface area contributed by atoms with E-state index in [0.29, 0.717) is 0 Å². The Hall–Kier alpha value is -0.960. The van der Waals surface area contributed by atoms with Crippen LogP contribution < -0.4 is 4.98 Å². The Morgan fingerprint density at radius 1 is 1.38 bits per heavy atom. The van der Waals surface area contributed by atoms with Crippen molar-refractivity contribution in [1.82, 2.24) is 4.98 Å². The first kappa shape index (κ1) is 11.5. The standard InChI is InChI=1S/C13H18N2S/c1-9(2)6-7-16-13-14-11-5-4-10(3)8-12(11)15-13/h4-5,8-9H,6-7H2,1-3H3,(H,14,15)/p+1. The number of fused-ring (bicyclic) bond motifs is 1. The van der Waals surface area contributed by atoms with Crippen molar-refractivity contribution < 1.29 is 4.98 Å². The van der Waals surface area contributed by atoms with Gasteiger partial charge in [-0.3, -0.25) is 0 Å². The summed E-state index contributed by atoms with van der Waals surface area (Å²) >= 11 is 1.87. The number of benzene rings is 1. The van der Waals surface area contributed by atoms with Gasteiger partial charge < -0.3 is 0 Å². The fourth-order valence-corrected chi connectivity index (χ4v) is 2.77. The van der Waals surface area contributed by atoms with Crippen LogP contribution in [0, 0.1) is 12.8 Å². The van der Waals surface area contributed by atoms with Crippen LogP contribution in [-0.4, -0.2) is 10.7 Å². The summed E-state index contributed by atoms with van der Waals surface area (Å²) < 4.78 is 0. The van der Waals surface area contributed by atoms with Crippen LogP contribution in [0.25, 0.3) is 11.0 Å². The highest BCUT2D eigenvalue weighted by atomic mass is 32.2. The van der Waals surface area contributed by atoms with Crippen LogP contribution >= 0.6 is 11.8 Å². The van der Waals surface area contributed by atoms with Gasteiger partial charge in [-0.05, 0) is 48.7 Å². The van der Waals surface area contributed by atoms with E-state index < -0.39 is 0 Å². The van der Waals surface area contributed by atoms with Gasteiger partial charge in [-0.1, -0.05) is 19.9 Å². The molecule has 0 atom stereocenters. The molecule has 0 spiro atoms. The molecule has 0 saturated carbocycles. The largest absolute Gasteiger partial charge is 0.314 e. The van der Waals surface area contributed by atoms with Gasteiger partial charge in [-0.15, -0.1) is 0 Å². The van der Waals surface area contributed by atoms with Crippen LogP contribution in [0.3, 0.4) is 0 Å². The van der Waals surface area contributed by atoms with Crippen molar-refractivity contribution in [3.05, 3.63) is 23.8 Å². The second-order valence-electron chi connectivity index (χ2n) is 4.66. The van der Waals surface area contributed by atoms with E-state index in [1.165, 1.54) is 33.9 Å². The zero-order valence-corrected chi connectivity index (χ0v) is 10.9. The van der Waals surface area contributed by atoms with Crippen LogP contribution in [0.5, 0.6) is 0 Å². The molecule has 0 aliphatic rings. The highest BCUT2D eigenvalue weighted by Gasteiger charge is 2.10. The molecule has 16 heavy (non-hydrogen) atoms. The van der Waals surface area contributed by atoms with E-state index in [4.69, 9.17) is 0 Å². The first-order valence-corrected chi connectivity index (χ1v) is 6.78. The van der Waals surface area contributed by atoms with E-state index in [2.05, 4.69) is 48.9 Å². The third-order valence-corrected chi connectivity index (χ3v) is 3.55. The molecule has 2 nitrogen and oxygen atoms in total. The lowest BCUT2D eigenvalue weighted by Gasteiger charge is -1.99. The first-order valence-electron chi connectivity index (χ1n) is 5.79. The Morgan fingerprint density at radius 3 is 2.94 bits per heavy atom. The molecule has 2 N–H and O–H groups in total. The molecule has 0 unspecified atom stereocenters. The van der Waals surface area contributed by atoms with Crippen molar-refractivity contribution in [1.29, 1.82) is 0 Å². The molecule has 2 rings (SSSR count). The van der Waals surface area contributed by atoms with Gasteiger partial charge in [0.25, 0.3) is 0 Å². The maximum Gasteiger partial charge on any atom is 0.314 e. The predicted octanol–water partition coefficient (Wildman–Crippen LogP) is 3.43. The fraction of sp³-hybridized carbons (Fsp3) is 0.462. The third-order valence-electron chi connectivity index (χ3n) is 2.61. The van der Waals surface area contributed by atoms with Crippen LogP contribution in [0.1, 0.15) is 25.8 Å². The molecule has 0 radical (unpaired) electrons. The normalized spacial score (nSPS) is 11.5. The Kier molecular flexibility index (Phi) is 3.54. The number of rotatable bonds is 4. The number of aromatic amines is 2. The summed E-state index contributed by atoms with van der Waals surface area (Å²) in [5.41, 5.74) is 3.69. The average molecular weight is 235 g/mol. The molecule has 1 aromatic carbocycles. The highest BCUT2D eigenvalue weighted by molar-refractivity contribution is 7.99.